The number of ether oxygens (including phenoxy) is 1. The summed E-state index contributed by atoms with van der Waals surface area (Å²) in [5.74, 6) is -1.96. The van der Waals surface area contributed by atoms with Crippen molar-refractivity contribution < 1.29 is 24.2 Å². The van der Waals surface area contributed by atoms with Crippen LogP contribution in [0.2, 0.25) is 0 Å². The van der Waals surface area contributed by atoms with Crippen LogP contribution in [0, 0.1) is 5.92 Å². The van der Waals surface area contributed by atoms with Crippen molar-refractivity contribution in [3.8, 4) is 0 Å². The van der Waals surface area contributed by atoms with Gasteiger partial charge in [-0.1, -0.05) is 0 Å². The van der Waals surface area contributed by atoms with Crippen LogP contribution in [-0.4, -0.2) is 60.1 Å². The van der Waals surface area contributed by atoms with Crippen molar-refractivity contribution in [1.29, 1.82) is 0 Å². The molecule has 94 valence electrons. The lowest BCUT2D eigenvalue weighted by atomic mass is 10.1. The first-order valence-corrected chi connectivity index (χ1v) is 5.47. The van der Waals surface area contributed by atoms with Gasteiger partial charge in [0.05, 0.1) is 19.1 Å². The van der Waals surface area contributed by atoms with Crippen molar-refractivity contribution in [3.05, 3.63) is 0 Å². The van der Waals surface area contributed by atoms with Crippen LogP contribution in [-0.2, 0) is 19.1 Å². The SMILES string of the molecule is O=C1CC(C(=O)N2CCOCC2C(=O)O)CN1. The van der Waals surface area contributed by atoms with Crippen LogP contribution in [0.4, 0.5) is 0 Å². The summed E-state index contributed by atoms with van der Waals surface area (Å²) in [5.41, 5.74) is 0. The predicted molar refractivity (Wildman–Crippen MR) is 55.1 cm³/mol. The monoisotopic (exact) mass is 242 g/mol. The number of morpholine rings is 1. The number of aliphatic carboxylic acids is 1. The largest absolute Gasteiger partial charge is 0.480 e. The maximum Gasteiger partial charge on any atom is 0.328 e. The summed E-state index contributed by atoms with van der Waals surface area (Å²) in [6.45, 7) is 0.903. The Morgan fingerprint density at radius 2 is 2.24 bits per heavy atom. The number of carbonyl (C=O) groups is 3. The first-order chi connectivity index (χ1) is 8.09. The van der Waals surface area contributed by atoms with Gasteiger partial charge in [-0.25, -0.2) is 4.79 Å². The van der Waals surface area contributed by atoms with Gasteiger partial charge in [0.25, 0.3) is 0 Å². The molecule has 2 saturated heterocycles. The van der Waals surface area contributed by atoms with Crippen LogP contribution in [0.5, 0.6) is 0 Å². The molecule has 2 aliphatic heterocycles. The maximum atomic E-state index is 12.1. The summed E-state index contributed by atoms with van der Waals surface area (Å²) in [7, 11) is 0. The van der Waals surface area contributed by atoms with Gasteiger partial charge < -0.3 is 20.1 Å². The minimum Gasteiger partial charge on any atom is -0.480 e. The standard InChI is InChI=1S/C10H14N2O5/c13-8-3-6(4-11-8)9(14)12-1-2-17-5-7(12)10(15)16/h6-7H,1-5H2,(H,11,13)(H,15,16). The maximum absolute atomic E-state index is 12.1. The molecule has 0 bridgehead atoms. The number of nitrogens with zero attached hydrogens (tertiary/aromatic N) is 1. The zero-order valence-corrected chi connectivity index (χ0v) is 9.22. The van der Waals surface area contributed by atoms with E-state index in [4.69, 9.17) is 9.84 Å². The number of carboxylic acid groups (broad SMARTS) is 1. The van der Waals surface area contributed by atoms with Gasteiger partial charge >= 0.3 is 5.97 Å². The van der Waals surface area contributed by atoms with Crippen LogP contribution in [0.15, 0.2) is 0 Å². The highest BCUT2D eigenvalue weighted by molar-refractivity contribution is 5.91. The summed E-state index contributed by atoms with van der Waals surface area (Å²) >= 11 is 0. The van der Waals surface area contributed by atoms with E-state index in [1.54, 1.807) is 0 Å². The minimum atomic E-state index is -1.07. The Balaban J connectivity index is 2.06. The molecule has 0 spiro atoms. The van der Waals surface area contributed by atoms with Gasteiger partial charge in [0, 0.05) is 19.5 Å². The number of hydrogen-bond donors (Lipinski definition) is 2. The van der Waals surface area contributed by atoms with Crippen molar-refractivity contribution in [2.75, 3.05) is 26.3 Å². The van der Waals surface area contributed by atoms with Crippen molar-refractivity contribution in [2.45, 2.75) is 12.5 Å². The second kappa shape index (κ2) is 4.70. The molecule has 7 heteroatoms. The van der Waals surface area contributed by atoms with E-state index in [0.717, 1.165) is 0 Å². The minimum absolute atomic E-state index is 0.00910. The molecular weight excluding hydrogens is 228 g/mol. The van der Waals surface area contributed by atoms with E-state index >= 15 is 0 Å². The van der Waals surface area contributed by atoms with Crippen LogP contribution >= 0.6 is 0 Å². The summed E-state index contributed by atoms with van der Waals surface area (Å²) in [6.07, 6.45) is 0.141. The summed E-state index contributed by atoms with van der Waals surface area (Å²) in [4.78, 5) is 35.4. The van der Waals surface area contributed by atoms with Gasteiger partial charge in [-0.2, -0.15) is 0 Å². The third-order valence-electron chi connectivity index (χ3n) is 3.02. The molecule has 2 amide bonds. The summed E-state index contributed by atoms with van der Waals surface area (Å²) in [5, 5.41) is 11.6. The average molecular weight is 242 g/mol. The molecule has 7 nitrogen and oxygen atoms in total. The van der Waals surface area contributed by atoms with Crippen molar-refractivity contribution in [2.24, 2.45) is 5.92 Å². The topological polar surface area (TPSA) is 95.9 Å². The molecule has 2 heterocycles. The van der Waals surface area contributed by atoms with E-state index in [1.807, 2.05) is 0 Å². The quantitative estimate of drug-likeness (QED) is 0.610. The third-order valence-corrected chi connectivity index (χ3v) is 3.02. The van der Waals surface area contributed by atoms with E-state index in [9.17, 15) is 14.4 Å². The molecule has 0 aromatic carbocycles. The molecule has 2 unspecified atom stereocenters. The van der Waals surface area contributed by atoms with Crippen LogP contribution < -0.4 is 5.32 Å². The molecule has 0 aliphatic carbocycles. The fourth-order valence-corrected chi connectivity index (χ4v) is 2.09. The summed E-state index contributed by atoms with van der Waals surface area (Å²) < 4.78 is 5.05. The zero-order valence-electron chi connectivity index (χ0n) is 9.22. The van der Waals surface area contributed by atoms with E-state index in [-0.39, 0.29) is 31.4 Å². The number of carbonyl (C=O) groups excluding carboxylic acids is 2. The van der Waals surface area contributed by atoms with E-state index in [2.05, 4.69) is 5.32 Å². The molecule has 0 aromatic heterocycles. The summed E-state index contributed by atoms with van der Waals surface area (Å²) in [6, 6.07) is -0.938. The van der Waals surface area contributed by atoms with Gasteiger partial charge in [-0.15, -0.1) is 0 Å². The Bertz CT molecular complexity index is 357. The van der Waals surface area contributed by atoms with Gasteiger partial charge in [0.2, 0.25) is 11.8 Å². The first kappa shape index (κ1) is 11.8. The van der Waals surface area contributed by atoms with Gasteiger partial charge in [0.1, 0.15) is 0 Å². The molecule has 2 fully saturated rings. The molecule has 2 rings (SSSR count). The van der Waals surface area contributed by atoms with E-state index in [1.165, 1.54) is 4.90 Å². The van der Waals surface area contributed by atoms with Crippen molar-refractivity contribution >= 4 is 17.8 Å². The van der Waals surface area contributed by atoms with Gasteiger partial charge in [0.15, 0.2) is 6.04 Å². The average Bonchev–Trinajstić information content (AvgIpc) is 2.75. The lowest BCUT2D eigenvalue weighted by molar-refractivity contribution is -0.160. The van der Waals surface area contributed by atoms with Crippen molar-refractivity contribution in [1.82, 2.24) is 10.2 Å². The molecular formula is C10H14N2O5. The Kier molecular flexibility index (Phi) is 3.28. The van der Waals surface area contributed by atoms with Crippen molar-refractivity contribution in [3.63, 3.8) is 0 Å². The van der Waals surface area contributed by atoms with Gasteiger partial charge in [-0.05, 0) is 0 Å². The van der Waals surface area contributed by atoms with Crippen LogP contribution in [0.3, 0.4) is 0 Å². The smallest absolute Gasteiger partial charge is 0.328 e. The fraction of sp³-hybridized carbons (Fsp3) is 0.700. The first-order valence-electron chi connectivity index (χ1n) is 5.47. The zero-order chi connectivity index (χ0) is 12.4. The Morgan fingerprint density at radius 1 is 1.47 bits per heavy atom. The highest BCUT2D eigenvalue weighted by Crippen LogP contribution is 2.17. The number of amides is 2. The lowest BCUT2D eigenvalue weighted by Gasteiger charge is -2.34. The Hall–Kier alpha value is -1.63. The number of carboxylic acids is 1. The molecule has 2 N–H and O–H groups in total. The molecule has 2 aliphatic rings. The Morgan fingerprint density at radius 3 is 2.82 bits per heavy atom. The predicted octanol–water partition coefficient (Wildman–Crippen LogP) is -1.57. The number of nitrogens with one attached hydrogen (secondary N) is 1. The molecule has 0 aromatic rings. The second-order valence-corrected chi connectivity index (χ2v) is 4.17. The molecule has 2 atom stereocenters. The van der Waals surface area contributed by atoms with Crippen LogP contribution in [0.1, 0.15) is 6.42 Å². The Labute approximate surface area is 97.7 Å². The highest BCUT2D eigenvalue weighted by Gasteiger charge is 2.38. The lowest BCUT2D eigenvalue weighted by Crippen LogP contribution is -2.54. The molecule has 17 heavy (non-hydrogen) atoms. The van der Waals surface area contributed by atoms with E-state index in [0.29, 0.717) is 13.2 Å². The number of hydrogen-bond acceptors (Lipinski definition) is 4. The number of rotatable bonds is 2. The second-order valence-electron chi connectivity index (χ2n) is 4.17. The van der Waals surface area contributed by atoms with Gasteiger partial charge in [-0.3, -0.25) is 9.59 Å². The third kappa shape index (κ3) is 2.38. The van der Waals surface area contributed by atoms with Crippen LogP contribution in [0.25, 0.3) is 0 Å². The fourth-order valence-electron chi connectivity index (χ4n) is 2.09. The normalized spacial score (nSPS) is 28.9. The molecule has 0 radical (unpaired) electrons. The highest BCUT2D eigenvalue weighted by atomic mass is 16.5. The van der Waals surface area contributed by atoms with E-state index < -0.39 is 17.9 Å². The molecule has 0 saturated carbocycles.